The minimum absolute atomic E-state index is 0.652. The molecule has 80 valence electrons. The van der Waals surface area contributed by atoms with Crippen LogP contribution in [0.4, 0.5) is 0 Å². The minimum Gasteiger partial charge on any atom is -0.376 e. The number of hydrogen-bond acceptors (Lipinski definition) is 2. The second-order valence-corrected chi connectivity index (χ2v) is 3.90. The fourth-order valence-electron chi connectivity index (χ4n) is 1.91. The summed E-state index contributed by atoms with van der Waals surface area (Å²) in [5.74, 6) is 0.652. The van der Waals surface area contributed by atoms with Crippen LogP contribution in [0.1, 0.15) is 20.3 Å². The van der Waals surface area contributed by atoms with E-state index in [0.29, 0.717) is 5.92 Å². The Morgan fingerprint density at radius 2 is 2.14 bits per heavy atom. The normalized spacial score (nSPS) is 16.3. The van der Waals surface area contributed by atoms with Gasteiger partial charge in [0.1, 0.15) is 0 Å². The highest BCUT2D eigenvalue weighted by molar-refractivity contribution is 5.08. The van der Waals surface area contributed by atoms with Gasteiger partial charge in [-0.3, -0.25) is 0 Å². The van der Waals surface area contributed by atoms with Gasteiger partial charge in [0.15, 0.2) is 0 Å². The van der Waals surface area contributed by atoms with E-state index in [9.17, 15) is 0 Å². The van der Waals surface area contributed by atoms with E-state index in [1.54, 1.807) is 0 Å². The van der Waals surface area contributed by atoms with Gasteiger partial charge >= 0.3 is 0 Å². The third-order valence-corrected chi connectivity index (χ3v) is 2.92. The van der Waals surface area contributed by atoms with Crippen molar-refractivity contribution in [1.82, 2.24) is 9.80 Å². The molecule has 1 heterocycles. The van der Waals surface area contributed by atoms with Crippen molar-refractivity contribution < 1.29 is 0 Å². The second-order valence-electron chi connectivity index (χ2n) is 3.90. The van der Waals surface area contributed by atoms with Crippen LogP contribution in [0.2, 0.25) is 0 Å². The van der Waals surface area contributed by atoms with Crippen LogP contribution in [0.5, 0.6) is 0 Å². The van der Waals surface area contributed by atoms with Gasteiger partial charge in [0.25, 0.3) is 0 Å². The molecule has 0 unspecified atom stereocenters. The molecule has 0 radical (unpaired) electrons. The lowest BCUT2D eigenvalue weighted by molar-refractivity contribution is 0.154. The number of hydrogen-bond donors (Lipinski definition) is 0. The lowest BCUT2D eigenvalue weighted by Crippen LogP contribution is -2.47. The molecule has 0 aliphatic carbocycles. The average Bonchev–Trinajstić information content (AvgIpc) is 2.12. The fourth-order valence-corrected chi connectivity index (χ4v) is 1.91. The van der Waals surface area contributed by atoms with Crippen molar-refractivity contribution in [2.45, 2.75) is 20.3 Å². The highest BCUT2D eigenvalue weighted by Gasteiger charge is 2.28. The summed E-state index contributed by atoms with van der Waals surface area (Å²) in [5, 5.41) is 0. The van der Waals surface area contributed by atoms with Crippen LogP contribution in [0.25, 0.3) is 0 Å². The van der Waals surface area contributed by atoms with Crippen molar-refractivity contribution >= 4 is 0 Å². The van der Waals surface area contributed by atoms with Gasteiger partial charge in [-0.25, -0.2) is 0 Å². The van der Waals surface area contributed by atoms with Crippen molar-refractivity contribution in [3.8, 4) is 0 Å². The Balaban J connectivity index is 2.37. The fraction of sp³-hybridized carbons (Fsp3) is 0.667. The zero-order valence-corrected chi connectivity index (χ0v) is 9.50. The first-order valence-corrected chi connectivity index (χ1v) is 5.53. The molecule has 0 bridgehead atoms. The van der Waals surface area contributed by atoms with Crippen molar-refractivity contribution in [3.63, 3.8) is 0 Å². The molecule has 1 aliphatic rings. The van der Waals surface area contributed by atoms with Crippen LogP contribution in [0.15, 0.2) is 25.1 Å². The minimum atomic E-state index is 0.652. The molecule has 0 aromatic heterocycles. The molecule has 0 atom stereocenters. The number of nitrogens with zero attached hydrogens (tertiary/aromatic N) is 2. The molecule has 0 spiro atoms. The molecule has 0 aromatic rings. The Labute approximate surface area is 87.9 Å². The third kappa shape index (κ3) is 2.31. The Morgan fingerprint density at radius 3 is 2.57 bits per heavy atom. The van der Waals surface area contributed by atoms with E-state index in [4.69, 9.17) is 0 Å². The van der Waals surface area contributed by atoms with E-state index in [0.717, 1.165) is 26.2 Å². The molecule has 2 nitrogen and oxygen atoms in total. The zero-order valence-electron chi connectivity index (χ0n) is 9.50. The highest BCUT2D eigenvalue weighted by atomic mass is 15.2. The van der Waals surface area contributed by atoms with E-state index < -0.39 is 0 Å². The summed E-state index contributed by atoms with van der Waals surface area (Å²) in [7, 11) is 0. The van der Waals surface area contributed by atoms with Gasteiger partial charge in [0.2, 0.25) is 0 Å². The van der Waals surface area contributed by atoms with Crippen LogP contribution in [-0.2, 0) is 0 Å². The summed E-state index contributed by atoms with van der Waals surface area (Å²) in [6, 6.07) is 0. The van der Waals surface area contributed by atoms with Gasteiger partial charge in [-0.1, -0.05) is 20.1 Å². The number of rotatable bonds is 6. The molecule has 1 fully saturated rings. The lowest BCUT2D eigenvalue weighted by Gasteiger charge is -2.42. The molecule has 1 saturated heterocycles. The standard InChI is InChI=1S/C12H22N2/c1-5-8-14(7-3)11(4)12-9-13(6-2)10-12/h6,12H,2,4-5,7-10H2,1,3H3. The quantitative estimate of drug-likeness (QED) is 0.640. The summed E-state index contributed by atoms with van der Waals surface area (Å²) in [4.78, 5) is 4.63. The largest absolute Gasteiger partial charge is 0.376 e. The predicted octanol–water partition coefficient (Wildman–Crippen LogP) is 2.31. The van der Waals surface area contributed by atoms with Gasteiger partial charge in [0.05, 0.1) is 0 Å². The second kappa shape index (κ2) is 5.08. The summed E-state index contributed by atoms with van der Waals surface area (Å²) in [6.45, 7) is 16.8. The maximum Gasteiger partial charge on any atom is 0.0333 e. The van der Waals surface area contributed by atoms with Crippen LogP contribution >= 0.6 is 0 Å². The van der Waals surface area contributed by atoms with Gasteiger partial charge in [-0.15, -0.1) is 0 Å². The average molecular weight is 194 g/mol. The Kier molecular flexibility index (Phi) is 4.05. The topological polar surface area (TPSA) is 6.48 Å². The smallest absolute Gasteiger partial charge is 0.0333 e. The van der Waals surface area contributed by atoms with Gasteiger partial charge in [0, 0.05) is 37.8 Å². The molecule has 0 aromatic carbocycles. The van der Waals surface area contributed by atoms with Crippen LogP contribution in [0, 0.1) is 5.92 Å². The van der Waals surface area contributed by atoms with E-state index in [2.05, 4.69) is 36.8 Å². The Bertz CT molecular complexity index is 204. The van der Waals surface area contributed by atoms with Crippen molar-refractivity contribution in [1.29, 1.82) is 0 Å². The zero-order chi connectivity index (χ0) is 10.6. The van der Waals surface area contributed by atoms with E-state index in [1.807, 2.05) is 6.20 Å². The molecule has 14 heavy (non-hydrogen) atoms. The van der Waals surface area contributed by atoms with Crippen LogP contribution in [0.3, 0.4) is 0 Å². The monoisotopic (exact) mass is 194 g/mol. The molecular formula is C12H22N2. The maximum atomic E-state index is 4.20. The lowest BCUT2D eigenvalue weighted by atomic mass is 9.96. The first-order chi connectivity index (χ1) is 6.72. The molecule has 0 N–H and O–H groups in total. The predicted molar refractivity (Wildman–Crippen MR) is 61.9 cm³/mol. The third-order valence-electron chi connectivity index (χ3n) is 2.92. The molecular weight excluding hydrogens is 172 g/mol. The molecule has 1 aliphatic heterocycles. The van der Waals surface area contributed by atoms with Crippen LogP contribution < -0.4 is 0 Å². The van der Waals surface area contributed by atoms with Gasteiger partial charge in [-0.2, -0.15) is 0 Å². The first-order valence-electron chi connectivity index (χ1n) is 5.53. The Morgan fingerprint density at radius 1 is 1.50 bits per heavy atom. The first kappa shape index (κ1) is 11.2. The van der Waals surface area contributed by atoms with Crippen LogP contribution in [-0.4, -0.2) is 36.0 Å². The number of likely N-dealkylation sites (tertiary alicyclic amines) is 1. The van der Waals surface area contributed by atoms with Crippen molar-refractivity contribution in [2.24, 2.45) is 5.92 Å². The van der Waals surface area contributed by atoms with E-state index in [1.165, 1.54) is 12.1 Å². The van der Waals surface area contributed by atoms with Crippen molar-refractivity contribution in [2.75, 3.05) is 26.2 Å². The molecule has 0 saturated carbocycles. The molecule has 2 heteroatoms. The van der Waals surface area contributed by atoms with Crippen molar-refractivity contribution in [3.05, 3.63) is 25.1 Å². The van der Waals surface area contributed by atoms with Gasteiger partial charge in [-0.05, 0) is 19.5 Å². The summed E-state index contributed by atoms with van der Waals surface area (Å²) >= 11 is 0. The molecule has 0 amide bonds. The Hall–Kier alpha value is -0.920. The SMILES string of the molecule is C=CN1CC(C(=C)N(CC)CCC)C1. The summed E-state index contributed by atoms with van der Waals surface area (Å²) in [6.07, 6.45) is 3.12. The highest BCUT2D eigenvalue weighted by Crippen LogP contribution is 2.24. The van der Waals surface area contributed by atoms with E-state index >= 15 is 0 Å². The van der Waals surface area contributed by atoms with Gasteiger partial charge < -0.3 is 9.80 Å². The maximum absolute atomic E-state index is 4.20. The summed E-state index contributed by atoms with van der Waals surface area (Å²) in [5.41, 5.74) is 1.31. The van der Waals surface area contributed by atoms with E-state index in [-0.39, 0.29) is 0 Å². The molecule has 1 rings (SSSR count). The summed E-state index contributed by atoms with van der Waals surface area (Å²) < 4.78 is 0.